The molecule has 3 rings (SSSR count). The molecule has 0 saturated carbocycles. The van der Waals surface area contributed by atoms with Gasteiger partial charge in [0.1, 0.15) is 17.7 Å². The van der Waals surface area contributed by atoms with E-state index in [1.165, 1.54) is 18.0 Å². The Labute approximate surface area is 185 Å². The summed E-state index contributed by atoms with van der Waals surface area (Å²) in [6.45, 7) is 4.90. The zero-order chi connectivity index (χ0) is 23.8. The number of likely N-dealkylation sites (N-methyl/N-ethyl adjacent to an activating group) is 1. The Balaban J connectivity index is 2.09. The Hall–Kier alpha value is -3.54. The van der Waals surface area contributed by atoms with Gasteiger partial charge in [0.2, 0.25) is 15.0 Å². The highest BCUT2D eigenvalue weighted by Crippen LogP contribution is 2.32. The molecular weight excluding hydrogens is 438 g/mol. The Morgan fingerprint density at radius 1 is 1.22 bits per heavy atom. The summed E-state index contributed by atoms with van der Waals surface area (Å²) in [6, 6.07) is 6.24. The molecule has 1 aromatic carbocycles. The Bertz CT molecular complexity index is 1210. The number of nitrogens with zero attached hydrogens (tertiary/aromatic N) is 4. The van der Waals surface area contributed by atoms with Crippen LogP contribution in [0, 0.1) is 0 Å². The number of carbonyl (C=O) groups is 3. The molecule has 11 nitrogen and oxygen atoms in total. The van der Waals surface area contributed by atoms with Gasteiger partial charge >= 0.3 is 6.09 Å². The van der Waals surface area contributed by atoms with Crippen LogP contribution in [0.2, 0.25) is 0 Å². The second-order valence-corrected chi connectivity index (χ2v) is 10.1. The zero-order valence-electron chi connectivity index (χ0n) is 18.2. The summed E-state index contributed by atoms with van der Waals surface area (Å²) in [5, 5.41) is 2.06. The van der Waals surface area contributed by atoms with Gasteiger partial charge in [0.05, 0.1) is 5.69 Å². The van der Waals surface area contributed by atoms with Crippen molar-refractivity contribution in [1.82, 2.24) is 14.9 Å². The van der Waals surface area contributed by atoms with Crippen molar-refractivity contribution in [3.63, 3.8) is 0 Å². The fraction of sp³-hybridized carbons (Fsp3) is 0.350. The number of amides is 3. The smallest absolute Gasteiger partial charge is 0.412 e. The normalized spacial score (nSPS) is 14.7. The number of benzene rings is 1. The molecule has 0 unspecified atom stereocenters. The number of hydrogen-bond donors (Lipinski definition) is 1. The van der Waals surface area contributed by atoms with Crippen molar-refractivity contribution < 1.29 is 27.5 Å². The van der Waals surface area contributed by atoms with E-state index < -0.39 is 38.5 Å². The number of rotatable bonds is 3. The molecule has 32 heavy (non-hydrogen) atoms. The number of hydrogen-bond acceptors (Lipinski definition) is 8. The van der Waals surface area contributed by atoms with Crippen LogP contribution in [0.15, 0.2) is 35.6 Å². The highest BCUT2D eigenvalue weighted by atomic mass is 32.2. The van der Waals surface area contributed by atoms with Crippen LogP contribution in [-0.4, -0.2) is 66.6 Å². The van der Waals surface area contributed by atoms with Crippen molar-refractivity contribution in [2.45, 2.75) is 31.5 Å². The molecule has 0 radical (unpaired) electrons. The molecule has 12 heteroatoms. The van der Waals surface area contributed by atoms with Gasteiger partial charge in [-0.15, -0.1) is 0 Å². The summed E-state index contributed by atoms with van der Waals surface area (Å²) in [5.41, 5.74) is -0.139. The van der Waals surface area contributed by atoms with Crippen molar-refractivity contribution in [2.75, 3.05) is 30.1 Å². The minimum atomic E-state index is -3.80. The van der Waals surface area contributed by atoms with Crippen molar-refractivity contribution in [2.24, 2.45) is 0 Å². The van der Waals surface area contributed by atoms with E-state index in [-0.39, 0.29) is 23.6 Å². The first-order valence-electron chi connectivity index (χ1n) is 9.52. The van der Waals surface area contributed by atoms with Gasteiger partial charge in [0.25, 0.3) is 11.8 Å². The molecule has 1 aliphatic heterocycles. The fourth-order valence-electron chi connectivity index (χ4n) is 2.94. The van der Waals surface area contributed by atoms with Gasteiger partial charge in [-0.2, -0.15) is 4.98 Å². The van der Waals surface area contributed by atoms with Crippen molar-refractivity contribution in [3.05, 3.63) is 36.0 Å². The molecule has 0 aliphatic carbocycles. The van der Waals surface area contributed by atoms with E-state index in [2.05, 4.69) is 15.3 Å². The highest BCUT2D eigenvalue weighted by Gasteiger charge is 2.34. The lowest BCUT2D eigenvalue weighted by molar-refractivity contribution is -0.118. The highest BCUT2D eigenvalue weighted by molar-refractivity contribution is 7.90. The molecule has 2 aromatic rings. The average Bonchev–Trinajstić information content (AvgIpc) is 2.74. The molecule has 170 valence electrons. The van der Waals surface area contributed by atoms with Gasteiger partial charge < -0.3 is 9.64 Å². The van der Waals surface area contributed by atoms with Crippen LogP contribution in [-0.2, 0) is 19.4 Å². The predicted molar refractivity (Wildman–Crippen MR) is 116 cm³/mol. The second kappa shape index (κ2) is 8.19. The lowest BCUT2D eigenvalue weighted by Crippen LogP contribution is -2.35. The molecule has 0 fully saturated rings. The topological polar surface area (TPSA) is 139 Å². The summed E-state index contributed by atoms with van der Waals surface area (Å²) in [5.74, 6) is -1.21. The lowest BCUT2D eigenvalue weighted by atomic mass is 10.2. The number of carbonyl (C=O) groups excluding carboxylic acids is 3. The van der Waals surface area contributed by atoms with Crippen LogP contribution in [0.25, 0.3) is 0 Å². The number of sulfone groups is 1. The van der Waals surface area contributed by atoms with E-state index >= 15 is 0 Å². The van der Waals surface area contributed by atoms with Crippen LogP contribution in [0.5, 0.6) is 0 Å². The van der Waals surface area contributed by atoms with E-state index in [1.54, 1.807) is 39.0 Å². The largest absolute Gasteiger partial charge is 0.444 e. The summed E-state index contributed by atoms with van der Waals surface area (Å²) < 4.78 is 29.2. The third-order valence-electron chi connectivity index (χ3n) is 4.24. The van der Waals surface area contributed by atoms with Gasteiger partial charge in [-0.1, -0.05) is 6.07 Å². The zero-order valence-corrected chi connectivity index (χ0v) is 19.1. The van der Waals surface area contributed by atoms with Gasteiger partial charge in [0, 0.05) is 25.2 Å². The molecule has 1 N–H and O–H groups in total. The SMILES string of the molecule is CN1CC(=O)N(c2cccc(NC(=O)OC(C)(C)C)c2)c2nc(S(C)(=O)=O)ncc2C1=O. The van der Waals surface area contributed by atoms with Crippen LogP contribution >= 0.6 is 0 Å². The maximum Gasteiger partial charge on any atom is 0.412 e. The number of aromatic nitrogens is 2. The van der Waals surface area contributed by atoms with E-state index in [1.807, 2.05) is 0 Å². The van der Waals surface area contributed by atoms with Gasteiger partial charge in [-0.3, -0.25) is 19.8 Å². The third kappa shape index (κ3) is 5.02. The van der Waals surface area contributed by atoms with E-state index in [0.29, 0.717) is 5.69 Å². The molecule has 3 amide bonds. The summed E-state index contributed by atoms with van der Waals surface area (Å²) in [7, 11) is -2.36. The first-order valence-corrected chi connectivity index (χ1v) is 11.4. The molecule has 0 bridgehead atoms. The van der Waals surface area contributed by atoms with Crippen LogP contribution in [0.3, 0.4) is 0 Å². The van der Waals surface area contributed by atoms with Crippen molar-refractivity contribution in [3.8, 4) is 0 Å². The van der Waals surface area contributed by atoms with Crippen LogP contribution < -0.4 is 10.2 Å². The number of anilines is 3. The van der Waals surface area contributed by atoms with Crippen molar-refractivity contribution >= 4 is 44.9 Å². The van der Waals surface area contributed by atoms with Crippen LogP contribution in [0.4, 0.5) is 22.0 Å². The van der Waals surface area contributed by atoms with E-state index in [4.69, 9.17) is 4.74 Å². The summed E-state index contributed by atoms with van der Waals surface area (Å²) in [6.07, 6.45) is 1.33. The first kappa shape index (κ1) is 23.1. The van der Waals surface area contributed by atoms with Gasteiger partial charge in [-0.05, 0) is 39.0 Å². The quantitative estimate of drug-likeness (QED) is 0.685. The Morgan fingerprint density at radius 3 is 2.53 bits per heavy atom. The summed E-state index contributed by atoms with van der Waals surface area (Å²) >= 11 is 0. The summed E-state index contributed by atoms with van der Waals surface area (Å²) in [4.78, 5) is 48.0. The van der Waals surface area contributed by atoms with E-state index in [0.717, 1.165) is 17.4 Å². The molecule has 0 spiro atoms. The number of fused-ring (bicyclic) bond motifs is 1. The molecule has 0 atom stereocenters. The molecule has 0 saturated heterocycles. The third-order valence-corrected chi connectivity index (χ3v) is 5.10. The Morgan fingerprint density at radius 2 is 1.91 bits per heavy atom. The molecule has 2 heterocycles. The predicted octanol–water partition coefficient (Wildman–Crippen LogP) is 1.98. The van der Waals surface area contributed by atoms with Gasteiger partial charge in [0.15, 0.2) is 5.82 Å². The minimum absolute atomic E-state index is 0.0312. The monoisotopic (exact) mass is 461 g/mol. The first-order chi connectivity index (χ1) is 14.8. The molecule has 1 aromatic heterocycles. The van der Waals surface area contributed by atoms with E-state index in [9.17, 15) is 22.8 Å². The molecule has 1 aliphatic rings. The Kier molecular flexibility index (Phi) is 5.92. The molecular formula is C20H23N5O6S. The standard InChI is InChI=1S/C20H23N5O6S/c1-20(2,3)31-19(28)22-12-7-6-8-13(9-12)25-15(26)11-24(4)17(27)14-10-21-18(23-16(14)25)32(5,29)30/h6-10H,11H2,1-5H3,(H,22,28). The maximum absolute atomic E-state index is 13.0. The fourth-order valence-corrected chi connectivity index (χ4v) is 3.43. The second-order valence-electron chi connectivity index (χ2n) is 8.23. The van der Waals surface area contributed by atoms with Gasteiger partial charge in [-0.25, -0.2) is 18.2 Å². The van der Waals surface area contributed by atoms with Crippen molar-refractivity contribution in [1.29, 1.82) is 0 Å². The lowest BCUT2D eigenvalue weighted by Gasteiger charge is -2.23. The minimum Gasteiger partial charge on any atom is -0.444 e. The van der Waals surface area contributed by atoms with Crippen LogP contribution in [0.1, 0.15) is 31.1 Å². The maximum atomic E-state index is 13.0. The number of nitrogens with one attached hydrogen (secondary N) is 1. The average molecular weight is 462 g/mol. The number of ether oxygens (including phenoxy) is 1.